The number of carbonyl (C=O) groups is 1. The number of aromatic nitrogens is 3. The van der Waals surface area contributed by atoms with Crippen LogP contribution >= 0.6 is 11.6 Å². The van der Waals surface area contributed by atoms with Gasteiger partial charge >= 0.3 is 5.69 Å². The fourth-order valence-corrected chi connectivity index (χ4v) is 1.45. The second-order valence-corrected chi connectivity index (χ2v) is 3.90. The first kappa shape index (κ1) is 13.6. The third-order valence-electron chi connectivity index (χ3n) is 2.17. The molecule has 9 nitrogen and oxygen atoms in total. The lowest BCUT2D eigenvalue weighted by molar-refractivity contribution is -0.384. The van der Waals surface area contributed by atoms with E-state index in [4.69, 9.17) is 11.6 Å². The van der Waals surface area contributed by atoms with Crippen molar-refractivity contribution in [1.29, 1.82) is 0 Å². The maximum Gasteiger partial charge on any atom is 0.311 e. The molecule has 0 saturated carbocycles. The minimum Gasteiger partial charge on any atom is -0.325 e. The Labute approximate surface area is 115 Å². The number of halogens is 1. The summed E-state index contributed by atoms with van der Waals surface area (Å²) >= 11 is 5.62. The molecule has 0 atom stereocenters. The summed E-state index contributed by atoms with van der Waals surface area (Å²) in [5.74, 6) is -1.07. The summed E-state index contributed by atoms with van der Waals surface area (Å²) in [5.41, 5.74) is -1.01. The Morgan fingerprint density at radius 3 is 2.80 bits per heavy atom. The number of nitrogens with one attached hydrogen (secondary N) is 2. The number of pyridine rings is 1. The van der Waals surface area contributed by atoms with E-state index in [9.17, 15) is 19.7 Å². The number of carbonyl (C=O) groups excluding carboxylic acids is 1. The highest BCUT2D eigenvalue weighted by molar-refractivity contribution is 6.29. The van der Waals surface area contributed by atoms with Gasteiger partial charge in [-0.15, -0.1) is 0 Å². The summed E-state index contributed by atoms with van der Waals surface area (Å²) in [6.45, 7) is 0. The van der Waals surface area contributed by atoms with E-state index in [-0.39, 0.29) is 16.7 Å². The molecule has 20 heavy (non-hydrogen) atoms. The van der Waals surface area contributed by atoms with Crippen LogP contribution in [0.25, 0.3) is 0 Å². The van der Waals surface area contributed by atoms with Gasteiger partial charge in [0.1, 0.15) is 10.8 Å². The molecule has 1 amide bonds. The van der Waals surface area contributed by atoms with E-state index in [1.807, 2.05) is 0 Å². The van der Waals surface area contributed by atoms with Gasteiger partial charge in [0.15, 0.2) is 0 Å². The number of H-pyrrole nitrogens is 1. The van der Waals surface area contributed by atoms with Gasteiger partial charge in [-0.05, 0) is 6.07 Å². The van der Waals surface area contributed by atoms with E-state index in [0.29, 0.717) is 0 Å². The van der Waals surface area contributed by atoms with Crippen LogP contribution < -0.4 is 10.9 Å². The van der Waals surface area contributed by atoms with Crippen molar-refractivity contribution in [2.45, 2.75) is 0 Å². The summed E-state index contributed by atoms with van der Waals surface area (Å²) in [5, 5.41) is 13.0. The molecule has 2 N–H and O–H groups in total. The number of nitrogens with zero attached hydrogens (tertiary/aromatic N) is 3. The first-order chi connectivity index (χ1) is 9.47. The van der Waals surface area contributed by atoms with Crippen LogP contribution in [0.2, 0.25) is 5.15 Å². The van der Waals surface area contributed by atoms with E-state index >= 15 is 0 Å². The highest BCUT2D eigenvalue weighted by atomic mass is 35.5. The minimum absolute atomic E-state index is 0.0136. The summed E-state index contributed by atoms with van der Waals surface area (Å²) in [6, 6.07) is 2.35. The molecule has 102 valence electrons. The molecule has 2 aromatic rings. The van der Waals surface area contributed by atoms with Crippen LogP contribution in [0, 0.1) is 10.1 Å². The quantitative estimate of drug-likeness (QED) is 0.493. The summed E-state index contributed by atoms with van der Waals surface area (Å²) in [7, 11) is 0. The zero-order valence-corrected chi connectivity index (χ0v) is 10.4. The third kappa shape index (κ3) is 2.95. The number of nitro groups is 1. The maximum atomic E-state index is 11.8. The Hall–Kier alpha value is -2.81. The second-order valence-electron chi connectivity index (χ2n) is 3.51. The number of amides is 1. The Kier molecular flexibility index (Phi) is 3.71. The van der Waals surface area contributed by atoms with Crippen molar-refractivity contribution in [2.75, 3.05) is 5.32 Å². The zero-order valence-electron chi connectivity index (χ0n) is 9.66. The van der Waals surface area contributed by atoms with Crippen molar-refractivity contribution in [3.63, 3.8) is 0 Å². The summed E-state index contributed by atoms with van der Waals surface area (Å²) < 4.78 is 0. The van der Waals surface area contributed by atoms with Crippen LogP contribution in [-0.2, 0) is 0 Å². The average Bonchev–Trinajstić information content (AvgIpc) is 2.39. The molecule has 0 unspecified atom stereocenters. The molecule has 2 rings (SSSR count). The SMILES string of the molecule is O=C(Nc1nc(Cl)ccc1[N+](=O)[O-])c1c[nH]c(=O)cn1. The lowest BCUT2D eigenvalue weighted by Gasteiger charge is -2.04. The molecule has 0 aliphatic heterocycles. The van der Waals surface area contributed by atoms with E-state index in [1.54, 1.807) is 0 Å². The highest BCUT2D eigenvalue weighted by Gasteiger charge is 2.19. The van der Waals surface area contributed by atoms with Gasteiger partial charge in [-0.1, -0.05) is 11.6 Å². The predicted octanol–water partition coefficient (Wildman–Crippen LogP) is 0.979. The van der Waals surface area contributed by atoms with Crippen LogP contribution in [0.1, 0.15) is 10.5 Å². The Morgan fingerprint density at radius 2 is 2.20 bits per heavy atom. The van der Waals surface area contributed by atoms with Crippen molar-refractivity contribution in [3.05, 3.63) is 55.8 Å². The zero-order chi connectivity index (χ0) is 14.7. The Bertz CT molecular complexity index is 724. The van der Waals surface area contributed by atoms with E-state index in [0.717, 1.165) is 18.5 Å². The van der Waals surface area contributed by atoms with Crippen LogP contribution in [-0.4, -0.2) is 25.8 Å². The molecule has 0 bridgehead atoms. The molecular weight excluding hydrogens is 290 g/mol. The first-order valence-corrected chi connectivity index (χ1v) is 5.52. The molecule has 0 saturated heterocycles. The van der Waals surface area contributed by atoms with Gasteiger partial charge in [-0.25, -0.2) is 9.97 Å². The molecule has 0 aliphatic carbocycles. The number of aromatic amines is 1. The topological polar surface area (TPSA) is 131 Å². The number of hydrogen-bond acceptors (Lipinski definition) is 6. The Morgan fingerprint density at radius 1 is 1.45 bits per heavy atom. The van der Waals surface area contributed by atoms with Gasteiger partial charge in [0.2, 0.25) is 5.82 Å². The normalized spacial score (nSPS) is 10.1. The summed E-state index contributed by atoms with van der Waals surface area (Å²) in [6.07, 6.45) is 1.99. The van der Waals surface area contributed by atoms with Crippen molar-refractivity contribution in [2.24, 2.45) is 0 Å². The van der Waals surface area contributed by atoms with Crippen LogP contribution in [0.4, 0.5) is 11.5 Å². The molecule has 0 aliphatic rings. The van der Waals surface area contributed by atoms with Gasteiger partial charge in [0.25, 0.3) is 11.5 Å². The number of rotatable bonds is 3. The average molecular weight is 296 g/mol. The molecular formula is C10H6ClN5O4. The fraction of sp³-hybridized carbons (Fsp3) is 0. The molecule has 0 radical (unpaired) electrons. The number of anilines is 1. The smallest absolute Gasteiger partial charge is 0.311 e. The molecule has 2 heterocycles. The largest absolute Gasteiger partial charge is 0.325 e. The Balaban J connectivity index is 2.32. The standard InChI is InChI=1S/C10H6ClN5O4/c11-7-2-1-6(16(19)20)9(14-7)15-10(18)5-3-13-8(17)4-12-5/h1-4H,(H,13,17)(H,14,15,18). The molecule has 0 spiro atoms. The van der Waals surface area contributed by atoms with Crippen LogP contribution in [0.15, 0.2) is 29.3 Å². The van der Waals surface area contributed by atoms with Crippen molar-refractivity contribution in [3.8, 4) is 0 Å². The molecule has 2 aromatic heterocycles. The highest BCUT2D eigenvalue weighted by Crippen LogP contribution is 2.24. The fourth-order valence-electron chi connectivity index (χ4n) is 1.31. The van der Waals surface area contributed by atoms with Gasteiger partial charge in [-0.3, -0.25) is 25.0 Å². The minimum atomic E-state index is -0.765. The van der Waals surface area contributed by atoms with Gasteiger partial charge in [0, 0.05) is 12.3 Å². The van der Waals surface area contributed by atoms with Gasteiger partial charge < -0.3 is 4.98 Å². The maximum absolute atomic E-state index is 11.8. The lowest BCUT2D eigenvalue weighted by atomic mass is 10.3. The van der Waals surface area contributed by atoms with Crippen LogP contribution in [0.5, 0.6) is 0 Å². The second kappa shape index (κ2) is 5.45. The summed E-state index contributed by atoms with van der Waals surface area (Å²) in [4.78, 5) is 42.2. The number of hydrogen-bond donors (Lipinski definition) is 2. The monoisotopic (exact) mass is 295 g/mol. The molecule has 0 aromatic carbocycles. The third-order valence-corrected chi connectivity index (χ3v) is 2.38. The molecule has 10 heteroatoms. The van der Waals surface area contributed by atoms with Crippen molar-refractivity contribution >= 4 is 29.0 Å². The lowest BCUT2D eigenvalue weighted by Crippen LogP contribution is -2.18. The van der Waals surface area contributed by atoms with E-state index in [1.165, 1.54) is 6.07 Å². The van der Waals surface area contributed by atoms with Gasteiger partial charge in [0.05, 0.1) is 11.1 Å². The molecule has 0 fully saturated rings. The van der Waals surface area contributed by atoms with Crippen LogP contribution in [0.3, 0.4) is 0 Å². The first-order valence-electron chi connectivity index (χ1n) is 5.14. The van der Waals surface area contributed by atoms with Crippen molar-refractivity contribution < 1.29 is 9.72 Å². The van der Waals surface area contributed by atoms with Crippen molar-refractivity contribution in [1.82, 2.24) is 15.0 Å². The van der Waals surface area contributed by atoms with E-state index < -0.39 is 22.1 Å². The van der Waals surface area contributed by atoms with E-state index in [2.05, 4.69) is 20.3 Å². The predicted molar refractivity (Wildman–Crippen MR) is 68.7 cm³/mol. The van der Waals surface area contributed by atoms with Gasteiger partial charge in [-0.2, -0.15) is 0 Å².